The zero-order chi connectivity index (χ0) is 13.2. The Hall–Kier alpha value is -0.290. The Morgan fingerprint density at radius 2 is 1.94 bits per heavy atom. The van der Waals surface area contributed by atoms with Crippen LogP contribution in [0, 0.1) is 5.41 Å². The third-order valence-corrected chi connectivity index (χ3v) is 4.41. The molecule has 0 aliphatic heterocycles. The molecule has 0 heterocycles. The first kappa shape index (κ1) is 14.1. The summed E-state index contributed by atoms with van der Waals surface area (Å²) in [6.07, 6.45) is 1.65. The largest absolute Gasteiger partial charge is 0.411 e. The molecule has 2 aliphatic carbocycles. The predicted molar refractivity (Wildman–Crippen MR) is 63.4 cm³/mol. The molecule has 106 valence electrons. The summed E-state index contributed by atoms with van der Waals surface area (Å²) >= 11 is 0. The summed E-state index contributed by atoms with van der Waals surface area (Å²) in [6, 6.07) is 0.359. The van der Waals surface area contributed by atoms with Crippen molar-refractivity contribution in [2.24, 2.45) is 5.41 Å². The first-order valence-corrected chi connectivity index (χ1v) is 6.90. The van der Waals surface area contributed by atoms with Crippen LogP contribution in [0.5, 0.6) is 0 Å². The van der Waals surface area contributed by atoms with Crippen LogP contribution in [0.1, 0.15) is 45.4 Å². The molecule has 1 spiro atoms. The number of ether oxygens (including phenoxy) is 1. The second-order valence-electron chi connectivity index (χ2n) is 5.60. The molecule has 0 radical (unpaired) electrons. The zero-order valence-electron chi connectivity index (χ0n) is 10.9. The first-order valence-electron chi connectivity index (χ1n) is 6.90. The summed E-state index contributed by atoms with van der Waals surface area (Å²) in [7, 11) is 0. The van der Waals surface area contributed by atoms with Crippen LogP contribution in [0.2, 0.25) is 0 Å². The van der Waals surface area contributed by atoms with E-state index in [1.165, 1.54) is 0 Å². The third kappa shape index (κ3) is 2.82. The van der Waals surface area contributed by atoms with Gasteiger partial charge in [-0.25, -0.2) is 0 Å². The SMILES string of the molecule is CCCNC1CC(OCC(F)(F)F)C12CCCC2. The lowest BCUT2D eigenvalue weighted by Crippen LogP contribution is -2.63. The molecule has 0 amide bonds. The summed E-state index contributed by atoms with van der Waals surface area (Å²) in [4.78, 5) is 0. The number of hydrogen-bond donors (Lipinski definition) is 1. The van der Waals surface area contributed by atoms with Crippen molar-refractivity contribution in [2.75, 3.05) is 13.2 Å². The number of nitrogens with one attached hydrogen (secondary N) is 1. The maximum atomic E-state index is 12.2. The van der Waals surface area contributed by atoms with E-state index in [4.69, 9.17) is 4.74 Å². The lowest BCUT2D eigenvalue weighted by molar-refractivity contribution is -0.222. The van der Waals surface area contributed by atoms with Gasteiger partial charge in [0.15, 0.2) is 0 Å². The van der Waals surface area contributed by atoms with Gasteiger partial charge < -0.3 is 10.1 Å². The summed E-state index contributed by atoms with van der Waals surface area (Å²) in [5.74, 6) is 0. The van der Waals surface area contributed by atoms with Gasteiger partial charge in [0.1, 0.15) is 6.61 Å². The standard InChI is InChI=1S/C13H22F3NO/c1-2-7-17-10-8-11(18-9-13(14,15)16)12(10)5-3-4-6-12/h10-11,17H,2-9H2,1H3. The third-order valence-electron chi connectivity index (χ3n) is 4.41. The van der Waals surface area contributed by atoms with E-state index in [1.807, 2.05) is 0 Å². The number of halogens is 3. The molecule has 2 rings (SSSR count). The summed E-state index contributed by atoms with van der Waals surface area (Å²) in [5.41, 5.74) is -0.0135. The lowest BCUT2D eigenvalue weighted by atomic mass is 9.60. The van der Waals surface area contributed by atoms with Crippen molar-refractivity contribution >= 4 is 0 Å². The fourth-order valence-corrected chi connectivity index (χ4v) is 3.49. The highest BCUT2D eigenvalue weighted by atomic mass is 19.4. The molecule has 18 heavy (non-hydrogen) atoms. The Kier molecular flexibility index (Phi) is 4.22. The highest BCUT2D eigenvalue weighted by molar-refractivity contribution is 5.09. The van der Waals surface area contributed by atoms with Gasteiger partial charge in [-0.1, -0.05) is 19.8 Å². The minimum atomic E-state index is -4.21. The van der Waals surface area contributed by atoms with E-state index < -0.39 is 12.8 Å². The van der Waals surface area contributed by atoms with E-state index in [-0.39, 0.29) is 11.5 Å². The van der Waals surface area contributed by atoms with Gasteiger partial charge in [-0.15, -0.1) is 0 Å². The molecule has 1 N–H and O–H groups in total. The molecule has 0 saturated heterocycles. The molecule has 2 nitrogen and oxygen atoms in total. The van der Waals surface area contributed by atoms with Gasteiger partial charge in [0.05, 0.1) is 6.10 Å². The fraction of sp³-hybridized carbons (Fsp3) is 1.00. The average molecular weight is 265 g/mol. The fourth-order valence-electron chi connectivity index (χ4n) is 3.49. The van der Waals surface area contributed by atoms with Crippen molar-refractivity contribution in [3.63, 3.8) is 0 Å². The van der Waals surface area contributed by atoms with Crippen molar-refractivity contribution in [3.8, 4) is 0 Å². The average Bonchev–Trinajstić information content (AvgIpc) is 2.77. The van der Waals surface area contributed by atoms with Crippen molar-refractivity contribution in [3.05, 3.63) is 0 Å². The maximum Gasteiger partial charge on any atom is 0.411 e. The van der Waals surface area contributed by atoms with Crippen LogP contribution >= 0.6 is 0 Å². The molecule has 2 atom stereocenters. The van der Waals surface area contributed by atoms with Crippen LogP contribution in [0.3, 0.4) is 0 Å². The van der Waals surface area contributed by atoms with Crippen molar-refractivity contribution in [1.82, 2.24) is 5.32 Å². The number of hydrogen-bond acceptors (Lipinski definition) is 2. The Morgan fingerprint density at radius 1 is 1.28 bits per heavy atom. The Morgan fingerprint density at radius 3 is 2.50 bits per heavy atom. The zero-order valence-corrected chi connectivity index (χ0v) is 10.9. The van der Waals surface area contributed by atoms with Crippen molar-refractivity contribution in [2.45, 2.75) is 63.8 Å². The quantitative estimate of drug-likeness (QED) is 0.823. The minimum Gasteiger partial charge on any atom is -0.368 e. The lowest BCUT2D eigenvalue weighted by Gasteiger charge is -2.54. The first-order chi connectivity index (χ1) is 8.48. The molecular formula is C13H22F3NO. The van der Waals surface area contributed by atoms with Crippen LogP contribution in [-0.2, 0) is 4.74 Å². The molecule has 2 unspecified atom stereocenters. The molecule has 0 aromatic carbocycles. The van der Waals surface area contributed by atoms with Gasteiger partial charge in [-0.05, 0) is 32.2 Å². The van der Waals surface area contributed by atoms with Crippen LogP contribution in [0.15, 0.2) is 0 Å². The topological polar surface area (TPSA) is 21.3 Å². The second-order valence-corrected chi connectivity index (χ2v) is 5.60. The summed E-state index contributed by atoms with van der Waals surface area (Å²) in [5, 5.41) is 3.47. The van der Waals surface area contributed by atoms with Crippen LogP contribution in [0.4, 0.5) is 13.2 Å². The van der Waals surface area contributed by atoms with Gasteiger partial charge in [-0.2, -0.15) is 13.2 Å². The van der Waals surface area contributed by atoms with Gasteiger partial charge in [0.2, 0.25) is 0 Å². The Balaban J connectivity index is 1.89. The molecule has 2 saturated carbocycles. The van der Waals surface area contributed by atoms with Gasteiger partial charge in [0.25, 0.3) is 0 Å². The summed E-state index contributed by atoms with van der Waals surface area (Å²) < 4.78 is 41.8. The highest BCUT2D eigenvalue weighted by Gasteiger charge is 2.56. The van der Waals surface area contributed by atoms with Crippen molar-refractivity contribution in [1.29, 1.82) is 0 Å². The van der Waals surface area contributed by atoms with Crippen molar-refractivity contribution < 1.29 is 17.9 Å². The van der Waals surface area contributed by atoms with E-state index in [2.05, 4.69) is 12.2 Å². The smallest absolute Gasteiger partial charge is 0.368 e. The monoisotopic (exact) mass is 265 g/mol. The van der Waals surface area contributed by atoms with E-state index in [0.717, 1.165) is 45.1 Å². The van der Waals surface area contributed by atoms with Gasteiger partial charge in [-0.3, -0.25) is 0 Å². The van der Waals surface area contributed by atoms with Gasteiger partial charge >= 0.3 is 6.18 Å². The van der Waals surface area contributed by atoms with Gasteiger partial charge in [0, 0.05) is 11.5 Å². The molecule has 2 fully saturated rings. The van der Waals surface area contributed by atoms with Crippen LogP contribution < -0.4 is 5.32 Å². The highest BCUT2D eigenvalue weighted by Crippen LogP contribution is 2.54. The molecule has 2 aliphatic rings. The maximum absolute atomic E-state index is 12.2. The van der Waals surface area contributed by atoms with E-state index in [0.29, 0.717) is 6.04 Å². The Bertz CT molecular complexity index is 274. The van der Waals surface area contributed by atoms with Crippen LogP contribution in [-0.4, -0.2) is 31.5 Å². The summed E-state index contributed by atoms with van der Waals surface area (Å²) in [6.45, 7) is 1.95. The normalized spacial score (nSPS) is 30.7. The minimum absolute atomic E-state index is 0.0135. The predicted octanol–water partition coefficient (Wildman–Crippen LogP) is 3.27. The molecular weight excluding hydrogens is 243 g/mol. The molecule has 5 heteroatoms. The number of alkyl halides is 3. The molecule has 0 bridgehead atoms. The van der Waals surface area contributed by atoms with E-state index >= 15 is 0 Å². The van der Waals surface area contributed by atoms with Crippen LogP contribution in [0.25, 0.3) is 0 Å². The molecule has 0 aromatic rings. The Labute approximate surface area is 106 Å². The second kappa shape index (κ2) is 5.37. The van der Waals surface area contributed by atoms with E-state index in [9.17, 15) is 13.2 Å². The van der Waals surface area contributed by atoms with E-state index in [1.54, 1.807) is 0 Å². The number of rotatable bonds is 5. The molecule has 0 aromatic heterocycles.